The summed E-state index contributed by atoms with van der Waals surface area (Å²) in [4.78, 5) is 26.0. The third kappa shape index (κ3) is 3.04. The van der Waals surface area contributed by atoms with Crippen molar-refractivity contribution in [2.24, 2.45) is 5.41 Å². The number of aromatic nitrogens is 2. The fourth-order valence-electron chi connectivity index (χ4n) is 0.988. The van der Waals surface area contributed by atoms with E-state index >= 15 is 0 Å². The highest BCUT2D eigenvalue weighted by molar-refractivity contribution is 5.92. The zero-order chi connectivity index (χ0) is 12.3. The van der Waals surface area contributed by atoms with Crippen LogP contribution < -0.4 is 5.32 Å². The molecule has 1 aromatic heterocycles. The van der Waals surface area contributed by atoms with Crippen molar-refractivity contribution in [3.63, 3.8) is 0 Å². The van der Waals surface area contributed by atoms with Crippen molar-refractivity contribution >= 4 is 17.9 Å². The van der Waals surface area contributed by atoms with Crippen LogP contribution in [-0.4, -0.2) is 27.1 Å². The third-order valence-corrected chi connectivity index (χ3v) is 1.96. The van der Waals surface area contributed by atoms with E-state index in [1.54, 1.807) is 6.92 Å². The van der Waals surface area contributed by atoms with Gasteiger partial charge in [0.15, 0.2) is 5.82 Å². The highest BCUT2D eigenvalue weighted by Gasteiger charge is 2.30. The average Bonchev–Trinajstić information content (AvgIpc) is 2.49. The summed E-state index contributed by atoms with van der Waals surface area (Å²) in [6, 6.07) is -0.0244. The van der Waals surface area contributed by atoms with Gasteiger partial charge in [0.25, 0.3) is 0 Å². The topological polar surface area (TPSA) is 105 Å². The lowest BCUT2D eigenvalue weighted by atomic mass is 9.89. The van der Waals surface area contributed by atoms with Gasteiger partial charge in [-0.3, -0.25) is 14.9 Å². The molecule has 7 heteroatoms. The molecule has 1 amide bonds. The monoisotopic (exact) mass is 227 g/mol. The van der Waals surface area contributed by atoms with Crippen LogP contribution in [0.3, 0.4) is 0 Å². The SMILES string of the molecule is Cc1noc(NC(=O)CC(C)(C)C(=O)O)n1. The Balaban J connectivity index is 2.58. The summed E-state index contributed by atoms with van der Waals surface area (Å²) < 4.78 is 4.67. The molecule has 1 aromatic rings. The molecule has 0 unspecified atom stereocenters. The van der Waals surface area contributed by atoms with Crippen LogP contribution in [0.2, 0.25) is 0 Å². The Morgan fingerprint density at radius 1 is 1.50 bits per heavy atom. The second-order valence-electron chi connectivity index (χ2n) is 4.06. The minimum atomic E-state index is -1.13. The molecule has 7 nitrogen and oxygen atoms in total. The zero-order valence-corrected chi connectivity index (χ0v) is 9.27. The maximum absolute atomic E-state index is 11.4. The number of nitrogens with one attached hydrogen (secondary N) is 1. The van der Waals surface area contributed by atoms with E-state index in [1.807, 2.05) is 0 Å². The van der Waals surface area contributed by atoms with E-state index in [0.717, 1.165) is 0 Å². The van der Waals surface area contributed by atoms with E-state index in [4.69, 9.17) is 5.11 Å². The number of aryl methyl sites for hydroxylation is 1. The summed E-state index contributed by atoms with van der Waals surface area (Å²) in [5, 5.41) is 14.6. The average molecular weight is 227 g/mol. The van der Waals surface area contributed by atoms with Gasteiger partial charge in [-0.25, -0.2) is 0 Å². The molecule has 16 heavy (non-hydrogen) atoms. The van der Waals surface area contributed by atoms with Crippen LogP contribution in [0.5, 0.6) is 0 Å². The predicted octanol–water partition coefficient (Wildman–Crippen LogP) is 0.817. The fourth-order valence-corrected chi connectivity index (χ4v) is 0.988. The van der Waals surface area contributed by atoms with Gasteiger partial charge in [0.2, 0.25) is 5.91 Å². The Hall–Kier alpha value is -1.92. The Morgan fingerprint density at radius 3 is 2.56 bits per heavy atom. The highest BCUT2D eigenvalue weighted by Crippen LogP contribution is 2.21. The summed E-state index contributed by atoms with van der Waals surface area (Å²) in [5.74, 6) is -1.12. The van der Waals surface area contributed by atoms with Gasteiger partial charge < -0.3 is 9.63 Å². The molecule has 1 rings (SSSR count). The lowest BCUT2D eigenvalue weighted by molar-refractivity contribution is -0.149. The van der Waals surface area contributed by atoms with Gasteiger partial charge in [-0.1, -0.05) is 5.16 Å². The first-order chi connectivity index (χ1) is 7.31. The lowest BCUT2D eigenvalue weighted by Gasteiger charge is -2.17. The highest BCUT2D eigenvalue weighted by atomic mass is 16.5. The van der Waals surface area contributed by atoms with Gasteiger partial charge in [0.1, 0.15) is 0 Å². The van der Waals surface area contributed by atoms with E-state index in [9.17, 15) is 9.59 Å². The Morgan fingerprint density at radius 2 is 2.12 bits per heavy atom. The normalized spacial score (nSPS) is 11.2. The van der Waals surface area contributed by atoms with Gasteiger partial charge in [0.05, 0.1) is 5.41 Å². The molecular formula is C9H13N3O4. The molecule has 0 aliphatic heterocycles. The van der Waals surface area contributed by atoms with Crippen LogP contribution in [0.15, 0.2) is 4.52 Å². The number of hydrogen-bond donors (Lipinski definition) is 2. The standard InChI is InChI=1S/C9H13N3O4/c1-5-10-8(16-12-5)11-6(13)4-9(2,3)7(14)15/h4H2,1-3H3,(H,14,15)(H,10,11,12,13). The van der Waals surface area contributed by atoms with Crippen molar-refractivity contribution in [2.75, 3.05) is 5.32 Å². The molecule has 0 atom stereocenters. The largest absolute Gasteiger partial charge is 0.481 e. The summed E-state index contributed by atoms with van der Waals surface area (Å²) in [7, 11) is 0. The molecular weight excluding hydrogens is 214 g/mol. The summed E-state index contributed by atoms with van der Waals surface area (Å²) in [6.45, 7) is 4.54. The second kappa shape index (κ2) is 4.30. The number of aliphatic carboxylic acids is 1. The van der Waals surface area contributed by atoms with Gasteiger partial charge in [-0.15, -0.1) is 0 Å². The van der Waals surface area contributed by atoms with E-state index in [-0.39, 0.29) is 12.4 Å². The van der Waals surface area contributed by atoms with Crippen molar-refractivity contribution < 1.29 is 19.2 Å². The number of carboxylic acid groups (broad SMARTS) is 1. The number of nitrogens with zero attached hydrogens (tertiary/aromatic N) is 2. The molecule has 0 aliphatic rings. The lowest BCUT2D eigenvalue weighted by Crippen LogP contribution is -2.29. The van der Waals surface area contributed by atoms with Gasteiger partial charge in [-0.2, -0.15) is 4.98 Å². The molecule has 0 aromatic carbocycles. The van der Waals surface area contributed by atoms with Crippen molar-refractivity contribution in [3.05, 3.63) is 5.82 Å². The Bertz CT molecular complexity index is 411. The van der Waals surface area contributed by atoms with Gasteiger partial charge in [0, 0.05) is 6.42 Å². The first-order valence-corrected chi connectivity index (χ1v) is 4.65. The molecule has 0 saturated carbocycles. The predicted molar refractivity (Wildman–Crippen MR) is 53.7 cm³/mol. The number of amides is 1. The van der Waals surface area contributed by atoms with Gasteiger partial charge in [-0.05, 0) is 20.8 Å². The smallest absolute Gasteiger partial charge is 0.328 e. The molecule has 0 bridgehead atoms. The minimum absolute atomic E-state index is 0.0244. The van der Waals surface area contributed by atoms with Crippen LogP contribution in [0.25, 0.3) is 0 Å². The molecule has 0 aliphatic carbocycles. The molecule has 88 valence electrons. The number of anilines is 1. The quantitative estimate of drug-likeness (QED) is 0.788. The molecule has 0 saturated heterocycles. The first-order valence-electron chi connectivity index (χ1n) is 4.65. The second-order valence-corrected chi connectivity index (χ2v) is 4.06. The number of hydrogen-bond acceptors (Lipinski definition) is 5. The summed E-state index contributed by atoms with van der Waals surface area (Å²) in [6.07, 6.45) is -0.163. The van der Waals surface area contributed by atoms with Crippen molar-refractivity contribution in [3.8, 4) is 0 Å². The van der Waals surface area contributed by atoms with Gasteiger partial charge >= 0.3 is 12.0 Å². The van der Waals surface area contributed by atoms with Crippen molar-refractivity contribution in [1.29, 1.82) is 0 Å². The number of carboxylic acids is 1. The van der Waals surface area contributed by atoms with Crippen LogP contribution in [0, 0.1) is 12.3 Å². The van der Waals surface area contributed by atoms with Crippen LogP contribution in [0.4, 0.5) is 6.01 Å². The van der Waals surface area contributed by atoms with E-state index < -0.39 is 17.3 Å². The van der Waals surface area contributed by atoms with E-state index in [2.05, 4.69) is 20.0 Å². The summed E-state index contributed by atoms with van der Waals surface area (Å²) in [5.41, 5.74) is -1.13. The van der Waals surface area contributed by atoms with Crippen molar-refractivity contribution in [1.82, 2.24) is 10.1 Å². The Labute approximate surface area is 91.8 Å². The maximum Gasteiger partial charge on any atom is 0.328 e. The van der Waals surface area contributed by atoms with Crippen LogP contribution in [0.1, 0.15) is 26.1 Å². The van der Waals surface area contributed by atoms with E-state index in [0.29, 0.717) is 5.82 Å². The first kappa shape index (κ1) is 12.2. The third-order valence-electron chi connectivity index (χ3n) is 1.96. The number of carbonyl (C=O) groups excluding carboxylic acids is 1. The van der Waals surface area contributed by atoms with Crippen LogP contribution in [-0.2, 0) is 9.59 Å². The molecule has 0 radical (unpaired) electrons. The molecule has 2 N–H and O–H groups in total. The number of carbonyl (C=O) groups is 2. The Kier molecular flexibility index (Phi) is 3.26. The number of rotatable bonds is 4. The van der Waals surface area contributed by atoms with Crippen LogP contribution >= 0.6 is 0 Å². The molecule has 0 spiro atoms. The van der Waals surface area contributed by atoms with E-state index in [1.165, 1.54) is 13.8 Å². The van der Waals surface area contributed by atoms with Crippen molar-refractivity contribution in [2.45, 2.75) is 27.2 Å². The maximum atomic E-state index is 11.4. The molecule has 1 heterocycles. The zero-order valence-electron chi connectivity index (χ0n) is 9.27. The summed E-state index contributed by atoms with van der Waals surface area (Å²) >= 11 is 0. The molecule has 0 fully saturated rings. The minimum Gasteiger partial charge on any atom is -0.481 e. The fraction of sp³-hybridized carbons (Fsp3) is 0.556.